The van der Waals surface area contributed by atoms with Gasteiger partial charge in [0, 0.05) is 5.69 Å². The van der Waals surface area contributed by atoms with E-state index in [1.807, 2.05) is 12.1 Å². The predicted molar refractivity (Wildman–Crippen MR) is 98.2 cm³/mol. The fourth-order valence-electron chi connectivity index (χ4n) is 2.49. The summed E-state index contributed by atoms with van der Waals surface area (Å²) in [4.78, 5) is 11.1. The van der Waals surface area contributed by atoms with Crippen molar-refractivity contribution in [2.75, 3.05) is 4.72 Å². The average molecular weight is 361 g/mol. The Morgan fingerprint density at radius 2 is 1.60 bits per heavy atom. The van der Waals surface area contributed by atoms with Crippen molar-refractivity contribution < 1.29 is 18.3 Å². The summed E-state index contributed by atoms with van der Waals surface area (Å²) >= 11 is 0. The zero-order valence-corrected chi connectivity index (χ0v) is 15.2. The zero-order chi connectivity index (χ0) is 18.4. The van der Waals surface area contributed by atoms with Crippen molar-refractivity contribution in [2.45, 2.75) is 38.0 Å². The molecule has 0 spiro atoms. The second-order valence-electron chi connectivity index (χ2n) is 6.14. The van der Waals surface area contributed by atoms with Crippen LogP contribution in [0.3, 0.4) is 0 Å². The number of carboxylic acid groups (broad SMARTS) is 1. The lowest BCUT2D eigenvalue weighted by atomic mass is 10.0. The Hall–Kier alpha value is -2.34. The fourth-order valence-corrected chi connectivity index (χ4v) is 3.55. The second kappa shape index (κ2) is 8.16. The molecule has 6 heteroatoms. The maximum Gasteiger partial charge on any atom is 0.306 e. The van der Waals surface area contributed by atoms with Gasteiger partial charge in [-0.3, -0.25) is 9.52 Å². The molecule has 0 amide bonds. The van der Waals surface area contributed by atoms with Gasteiger partial charge in [0.2, 0.25) is 0 Å². The fraction of sp³-hybridized carbons (Fsp3) is 0.316. The molecule has 2 aromatic rings. The minimum atomic E-state index is -3.64. The number of carbonyl (C=O) groups is 1. The van der Waals surface area contributed by atoms with Gasteiger partial charge in [0.05, 0.1) is 10.8 Å². The van der Waals surface area contributed by atoms with Crippen LogP contribution in [-0.2, 0) is 27.7 Å². The van der Waals surface area contributed by atoms with Crippen molar-refractivity contribution in [2.24, 2.45) is 5.92 Å². The van der Waals surface area contributed by atoms with E-state index >= 15 is 0 Å². The Morgan fingerprint density at radius 1 is 1.04 bits per heavy atom. The largest absolute Gasteiger partial charge is 0.481 e. The van der Waals surface area contributed by atoms with E-state index in [9.17, 15) is 13.2 Å². The molecule has 0 unspecified atom stereocenters. The third-order valence-corrected chi connectivity index (χ3v) is 5.34. The number of anilines is 1. The molecule has 25 heavy (non-hydrogen) atoms. The van der Waals surface area contributed by atoms with Gasteiger partial charge in [-0.25, -0.2) is 8.42 Å². The normalized spacial score (nSPS) is 12.6. The summed E-state index contributed by atoms with van der Waals surface area (Å²) in [5.74, 6) is -1.33. The third-order valence-electron chi connectivity index (χ3n) is 3.94. The summed E-state index contributed by atoms with van der Waals surface area (Å²) in [5.41, 5.74) is 2.41. The van der Waals surface area contributed by atoms with Crippen LogP contribution in [-0.4, -0.2) is 19.5 Å². The predicted octanol–water partition coefficient (Wildman–Crippen LogP) is 3.70. The van der Waals surface area contributed by atoms with Crippen LogP contribution < -0.4 is 4.72 Å². The van der Waals surface area contributed by atoms with Gasteiger partial charge >= 0.3 is 5.97 Å². The van der Waals surface area contributed by atoms with Crippen molar-refractivity contribution >= 4 is 21.7 Å². The molecule has 2 N–H and O–H groups in total. The number of rotatable bonds is 8. The van der Waals surface area contributed by atoms with Crippen molar-refractivity contribution in [1.82, 2.24) is 0 Å². The van der Waals surface area contributed by atoms with Crippen molar-refractivity contribution in [1.29, 1.82) is 0 Å². The minimum absolute atomic E-state index is 0.218. The standard InChI is InChI=1S/C19H23NO4S/c1-3-4-15-7-11-18(12-8-15)25(23,24)20-17-9-5-16(6-10-17)13-14(2)19(21)22/h5-12,14,20H,3-4,13H2,1-2H3,(H,21,22)/t14-/m1/s1. The Bertz CT molecular complexity index is 812. The molecule has 0 aliphatic heterocycles. The van der Waals surface area contributed by atoms with E-state index in [0.29, 0.717) is 12.1 Å². The topological polar surface area (TPSA) is 83.5 Å². The van der Waals surface area contributed by atoms with Crippen molar-refractivity contribution in [3.63, 3.8) is 0 Å². The number of nitrogens with one attached hydrogen (secondary N) is 1. The van der Waals surface area contributed by atoms with Gasteiger partial charge in [0.15, 0.2) is 0 Å². The Labute approximate surface area is 148 Å². The van der Waals surface area contributed by atoms with Gasteiger partial charge in [0.1, 0.15) is 0 Å². The quantitative estimate of drug-likeness (QED) is 0.751. The van der Waals surface area contributed by atoms with E-state index in [2.05, 4.69) is 11.6 Å². The Balaban J connectivity index is 2.08. The van der Waals surface area contributed by atoms with Gasteiger partial charge < -0.3 is 5.11 Å². The lowest BCUT2D eigenvalue weighted by Gasteiger charge is -2.10. The number of hydrogen-bond acceptors (Lipinski definition) is 3. The number of aryl methyl sites for hydroxylation is 1. The summed E-state index contributed by atoms with van der Waals surface area (Å²) in [6.45, 7) is 3.72. The molecule has 0 fully saturated rings. The van der Waals surface area contributed by atoms with E-state index in [4.69, 9.17) is 5.11 Å². The van der Waals surface area contributed by atoms with Crippen LogP contribution in [0.1, 0.15) is 31.4 Å². The molecule has 0 aromatic heterocycles. The maximum atomic E-state index is 12.4. The first-order valence-corrected chi connectivity index (χ1v) is 9.73. The van der Waals surface area contributed by atoms with Crippen molar-refractivity contribution in [3.05, 3.63) is 59.7 Å². The first kappa shape index (κ1) is 19.0. The van der Waals surface area contributed by atoms with Crippen LogP contribution in [0.25, 0.3) is 0 Å². The van der Waals surface area contributed by atoms with Crippen LogP contribution in [0.15, 0.2) is 53.4 Å². The summed E-state index contributed by atoms with van der Waals surface area (Å²) < 4.78 is 27.4. The number of carboxylic acids is 1. The Kier molecular flexibility index (Phi) is 6.20. The molecule has 0 radical (unpaired) electrons. The van der Waals surface area contributed by atoms with Crippen LogP contribution in [0.4, 0.5) is 5.69 Å². The number of aliphatic carboxylic acids is 1. The molecule has 5 nitrogen and oxygen atoms in total. The molecular weight excluding hydrogens is 338 g/mol. The zero-order valence-electron chi connectivity index (χ0n) is 14.4. The number of hydrogen-bond donors (Lipinski definition) is 2. The maximum absolute atomic E-state index is 12.4. The van der Waals surface area contributed by atoms with Gasteiger partial charge in [-0.1, -0.05) is 44.5 Å². The number of benzene rings is 2. The molecule has 0 aliphatic rings. The average Bonchev–Trinajstić information content (AvgIpc) is 2.57. The van der Waals surface area contributed by atoms with Gasteiger partial charge in [-0.05, 0) is 48.2 Å². The highest BCUT2D eigenvalue weighted by molar-refractivity contribution is 7.92. The van der Waals surface area contributed by atoms with Crippen molar-refractivity contribution in [3.8, 4) is 0 Å². The molecule has 2 aromatic carbocycles. The molecule has 0 heterocycles. The SMILES string of the molecule is CCCc1ccc(S(=O)(=O)Nc2ccc(C[C@@H](C)C(=O)O)cc2)cc1. The lowest BCUT2D eigenvalue weighted by molar-refractivity contribution is -0.141. The van der Waals surface area contributed by atoms with Crippen LogP contribution >= 0.6 is 0 Å². The van der Waals surface area contributed by atoms with Crippen LogP contribution in [0.2, 0.25) is 0 Å². The summed E-state index contributed by atoms with van der Waals surface area (Å²) in [7, 11) is -3.64. The second-order valence-corrected chi connectivity index (χ2v) is 7.82. The monoisotopic (exact) mass is 361 g/mol. The summed E-state index contributed by atoms with van der Waals surface area (Å²) in [5, 5.41) is 8.94. The van der Waals surface area contributed by atoms with Gasteiger partial charge in [-0.15, -0.1) is 0 Å². The molecular formula is C19H23NO4S. The minimum Gasteiger partial charge on any atom is -0.481 e. The first-order valence-electron chi connectivity index (χ1n) is 8.25. The Morgan fingerprint density at radius 3 is 2.12 bits per heavy atom. The molecule has 0 saturated heterocycles. The first-order chi connectivity index (χ1) is 11.8. The number of sulfonamides is 1. The van der Waals surface area contributed by atoms with E-state index in [-0.39, 0.29) is 4.90 Å². The molecule has 1 atom stereocenters. The van der Waals surface area contributed by atoms with Crippen LogP contribution in [0.5, 0.6) is 0 Å². The van der Waals surface area contributed by atoms with Gasteiger partial charge in [-0.2, -0.15) is 0 Å². The van der Waals surface area contributed by atoms with E-state index < -0.39 is 21.9 Å². The molecule has 0 saturated carbocycles. The highest BCUT2D eigenvalue weighted by Gasteiger charge is 2.15. The van der Waals surface area contributed by atoms with Crippen LogP contribution in [0, 0.1) is 5.92 Å². The molecule has 0 bridgehead atoms. The highest BCUT2D eigenvalue weighted by Crippen LogP contribution is 2.19. The highest BCUT2D eigenvalue weighted by atomic mass is 32.2. The smallest absolute Gasteiger partial charge is 0.306 e. The molecule has 2 rings (SSSR count). The lowest BCUT2D eigenvalue weighted by Crippen LogP contribution is -2.14. The molecule has 0 aliphatic carbocycles. The third kappa shape index (κ3) is 5.32. The van der Waals surface area contributed by atoms with Gasteiger partial charge in [0.25, 0.3) is 10.0 Å². The van der Waals surface area contributed by atoms with E-state index in [0.717, 1.165) is 24.0 Å². The van der Waals surface area contributed by atoms with E-state index in [1.54, 1.807) is 43.3 Å². The van der Waals surface area contributed by atoms with E-state index in [1.165, 1.54) is 0 Å². The summed E-state index contributed by atoms with van der Waals surface area (Å²) in [6, 6.07) is 13.6. The molecule has 134 valence electrons. The summed E-state index contributed by atoms with van der Waals surface area (Å²) in [6.07, 6.45) is 2.34.